The van der Waals surface area contributed by atoms with Crippen molar-refractivity contribution >= 4 is 131 Å². The van der Waals surface area contributed by atoms with Crippen molar-refractivity contribution < 1.29 is 0 Å². The van der Waals surface area contributed by atoms with Crippen molar-refractivity contribution in [3.05, 3.63) is 303 Å². The number of hydrogen-bond acceptors (Lipinski definition) is 3. The standard InChI is InChI=1S/C83H50N8/c1-3-23-57(24-4-1)87-71-31-15-11-27-61(71)65-41-43-67-63-29-13-17-33-73(63)89(79(67)77(65)87)59-39-45-75-69(49-59)70-50-60(90-74-34-18-14-30-64(74)68-44-42-66-62-28-12-16-32-72(62)88(78(66)80(68)90)58-25-5-2-6-26-58)40-46-76(70)91(75)83-85-81(55-37-35-51-19-7-9-21-53(51)47-55)84-82(86-83)56-38-36-52-20-8-10-22-54(52)48-56/h1-50H. The van der Waals surface area contributed by atoms with Crippen LogP contribution in [0, 0.1) is 0 Å². The lowest BCUT2D eigenvalue weighted by atomic mass is 10.1. The number of rotatable bonds is 7. The van der Waals surface area contributed by atoms with E-state index in [0.717, 1.165) is 121 Å². The second kappa shape index (κ2) is 19.1. The van der Waals surface area contributed by atoms with Crippen molar-refractivity contribution in [1.82, 2.24) is 37.8 Å². The molecule has 0 aliphatic heterocycles. The van der Waals surface area contributed by atoms with Gasteiger partial charge in [0.15, 0.2) is 11.6 Å². The molecule has 20 aromatic rings. The summed E-state index contributed by atoms with van der Waals surface area (Å²) in [4.78, 5) is 16.5. The summed E-state index contributed by atoms with van der Waals surface area (Å²) in [6.07, 6.45) is 0. The fourth-order valence-electron chi connectivity index (χ4n) is 15.1. The van der Waals surface area contributed by atoms with E-state index in [9.17, 15) is 0 Å². The maximum absolute atomic E-state index is 5.56. The lowest BCUT2D eigenvalue weighted by molar-refractivity contribution is 0.953. The molecule has 0 N–H and O–H groups in total. The van der Waals surface area contributed by atoms with E-state index in [0.29, 0.717) is 17.6 Å². The minimum Gasteiger partial charge on any atom is -0.307 e. The summed E-state index contributed by atoms with van der Waals surface area (Å²) in [5, 5.41) is 16.2. The molecule has 0 spiro atoms. The van der Waals surface area contributed by atoms with Crippen LogP contribution in [0.15, 0.2) is 303 Å². The maximum Gasteiger partial charge on any atom is 0.238 e. The number of aromatic nitrogens is 8. The second-order valence-corrected chi connectivity index (χ2v) is 23.9. The lowest BCUT2D eigenvalue weighted by Gasteiger charge is -2.13. The second-order valence-electron chi connectivity index (χ2n) is 23.9. The molecule has 0 atom stereocenters. The molecular formula is C83H50N8. The van der Waals surface area contributed by atoms with Crippen LogP contribution in [-0.2, 0) is 0 Å². The Balaban J connectivity index is 0.912. The molecule has 422 valence electrons. The number of nitrogens with zero attached hydrogens (tertiary/aromatic N) is 8. The molecule has 6 aromatic heterocycles. The summed E-state index contributed by atoms with van der Waals surface area (Å²) >= 11 is 0. The van der Waals surface area contributed by atoms with Crippen LogP contribution in [0.4, 0.5) is 0 Å². The molecular weight excluding hydrogens is 1110 g/mol. The van der Waals surface area contributed by atoms with Crippen LogP contribution in [0.25, 0.3) is 182 Å². The minimum absolute atomic E-state index is 0.527. The zero-order chi connectivity index (χ0) is 59.4. The van der Waals surface area contributed by atoms with Gasteiger partial charge < -0.3 is 18.3 Å². The van der Waals surface area contributed by atoms with Gasteiger partial charge in [0.2, 0.25) is 5.95 Å². The van der Waals surface area contributed by atoms with Gasteiger partial charge in [-0.05, 0) is 119 Å². The molecule has 0 bridgehead atoms. The van der Waals surface area contributed by atoms with Crippen LogP contribution in [0.2, 0.25) is 0 Å². The smallest absolute Gasteiger partial charge is 0.238 e. The first-order valence-electron chi connectivity index (χ1n) is 31.0. The zero-order valence-corrected chi connectivity index (χ0v) is 48.9. The van der Waals surface area contributed by atoms with E-state index in [2.05, 4.69) is 326 Å². The molecule has 0 saturated carbocycles. The van der Waals surface area contributed by atoms with Crippen molar-refractivity contribution in [2.75, 3.05) is 0 Å². The van der Waals surface area contributed by atoms with Crippen LogP contribution < -0.4 is 0 Å². The monoisotopic (exact) mass is 1160 g/mol. The Morgan fingerprint density at radius 2 is 0.505 bits per heavy atom. The predicted octanol–water partition coefficient (Wildman–Crippen LogP) is 21.0. The largest absolute Gasteiger partial charge is 0.307 e. The van der Waals surface area contributed by atoms with Crippen molar-refractivity contribution in [3.63, 3.8) is 0 Å². The van der Waals surface area contributed by atoms with E-state index in [1.807, 2.05) is 0 Å². The van der Waals surface area contributed by atoms with Crippen LogP contribution in [0.5, 0.6) is 0 Å². The van der Waals surface area contributed by atoms with Gasteiger partial charge in [0, 0.05) is 87.7 Å². The van der Waals surface area contributed by atoms with Crippen molar-refractivity contribution in [2.24, 2.45) is 0 Å². The van der Waals surface area contributed by atoms with Gasteiger partial charge in [-0.25, -0.2) is 4.98 Å². The average Bonchev–Trinajstić information content (AvgIpc) is 1.56. The third-order valence-corrected chi connectivity index (χ3v) is 19.1. The minimum atomic E-state index is 0.527. The average molecular weight is 1160 g/mol. The van der Waals surface area contributed by atoms with Gasteiger partial charge in [-0.3, -0.25) is 4.57 Å². The molecule has 20 rings (SSSR count). The Hall–Kier alpha value is -12.4. The molecule has 14 aromatic carbocycles. The Morgan fingerprint density at radius 1 is 0.187 bits per heavy atom. The quantitative estimate of drug-likeness (QED) is 0.160. The summed E-state index contributed by atoms with van der Waals surface area (Å²) in [5.41, 5.74) is 17.2. The Labute approximate surface area is 520 Å². The topological polar surface area (TPSA) is 63.3 Å². The molecule has 8 nitrogen and oxygen atoms in total. The van der Waals surface area contributed by atoms with Gasteiger partial charge in [0.25, 0.3) is 0 Å². The summed E-state index contributed by atoms with van der Waals surface area (Å²) in [6.45, 7) is 0. The van der Waals surface area contributed by atoms with Crippen molar-refractivity contribution in [1.29, 1.82) is 0 Å². The predicted molar refractivity (Wildman–Crippen MR) is 377 cm³/mol. The van der Waals surface area contributed by atoms with Gasteiger partial charge in [-0.1, -0.05) is 206 Å². The summed E-state index contributed by atoms with van der Waals surface area (Å²) in [5.74, 6) is 1.71. The summed E-state index contributed by atoms with van der Waals surface area (Å²) in [7, 11) is 0. The van der Waals surface area contributed by atoms with E-state index in [1.165, 1.54) is 43.1 Å². The summed E-state index contributed by atoms with van der Waals surface area (Å²) < 4.78 is 12.2. The van der Waals surface area contributed by atoms with Crippen molar-refractivity contribution in [2.45, 2.75) is 0 Å². The molecule has 0 unspecified atom stereocenters. The fourth-order valence-corrected chi connectivity index (χ4v) is 15.1. The Morgan fingerprint density at radius 3 is 0.890 bits per heavy atom. The first-order valence-corrected chi connectivity index (χ1v) is 31.0. The Bertz CT molecular complexity index is 6070. The van der Waals surface area contributed by atoms with Crippen LogP contribution in [-0.4, -0.2) is 37.8 Å². The third kappa shape index (κ3) is 7.24. The SMILES string of the molecule is c1ccc(-n2c3ccccc3c3ccc4c5ccccc5n(-c5ccc6c(c5)c5cc(-n7c8ccccc8c8ccc9c%10ccccc%10n(-c%10ccccc%10)c9c87)ccc5n6-c5nc(-c6ccc7ccccc7c6)nc(-c6ccc7ccccc7c6)n5)c4c32)cc1. The molecule has 91 heavy (non-hydrogen) atoms. The highest BCUT2D eigenvalue weighted by Gasteiger charge is 2.26. The molecule has 8 heteroatoms. The van der Waals surface area contributed by atoms with E-state index in [1.54, 1.807) is 0 Å². The number of hydrogen-bond donors (Lipinski definition) is 0. The molecule has 0 saturated heterocycles. The maximum atomic E-state index is 5.56. The van der Waals surface area contributed by atoms with E-state index in [4.69, 9.17) is 15.0 Å². The number of benzene rings is 14. The van der Waals surface area contributed by atoms with Gasteiger partial charge in [-0.2, -0.15) is 9.97 Å². The van der Waals surface area contributed by atoms with Gasteiger partial charge in [-0.15, -0.1) is 0 Å². The molecule has 0 fully saturated rings. The van der Waals surface area contributed by atoms with Crippen LogP contribution in [0.3, 0.4) is 0 Å². The summed E-state index contributed by atoms with van der Waals surface area (Å²) in [6, 6.07) is 110. The number of fused-ring (bicyclic) bond motifs is 19. The first-order chi connectivity index (χ1) is 45.1. The van der Waals surface area contributed by atoms with Crippen molar-refractivity contribution in [3.8, 4) is 51.5 Å². The molecule has 0 aliphatic carbocycles. The van der Waals surface area contributed by atoms with E-state index < -0.39 is 0 Å². The number of para-hydroxylation sites is 6. The molecule has 0 aliphatic rings. The first kappa shape index (κ1) is 49.7. The molecule has 6 heterocycles. The normalized spacial score (nSPS) is 12.2. The Kier molecular flexibility index (Phi) is 10.4. The van der Waals surface area contributed by atoms with Gasteiger partial charge in [0.1, 0.15) is 0 Å². The highest BCUT2D eigenvalue weighted by Crippen LogP contribution is 2.46. The molecule has 0 amide bonds. The van der Waals surface area contributed by atoms with Gasteiger partial charge >= 0.3 is 0 Å². The van der Waals surface area contributed by atoms with Gasteiger partial charge in [0.05, 0.1) is 55.2 Å². The molecule has 0 radical (unpaired) electrons. The fraction of sp³-hybridized carbons (Fsp3) is 0. The van der Waals surface area contributed by atoms with Crippen LogP contribution in [0.1, 0.15) is 0 Å². The van der Waals surface area contributed by atoms with Crippen LogP contribution >= 0.6 is 0 Å². The third-order valence-electron chi connectivity index (χ3n) is 19.1. The highest BCUT2D eigenvalue weighted by atomic mass is 15.2. The zero-order valence-electron chi connectivity index (χ0n) is 48.9. The van der Waals surface area contributed by atoms with E-state index >= 15 is 0 Å². The van der Waals surface area contributed by atoms with E-state index in [-0.39, 0.29) is 0 Å². The lowest BCUT2D eigenvalue weighted by Crippen LogP contribution is -2.06. The highest BCUT2D eigenvalue weighted by molar-refractivity contribution is 6.26.